The maximum Gasteiger partial charge on any atom is 0.228 e. The largest absolute Gasteiger partial charge is 0.369 e. The molecule has 0 aliphatic carbocycles. The molecule has 2 heterocycles. The van der Waals surface area contributed by atoms with Crippen molar-refractivity contribution in [3.8, 4) is 0 Å². The average Bonchev–Trinajstić information content (AvgIpc) is 2.97. The number of anilines is 2. The molecule has 1 amide bonds. The number of nitrogens with one attached hydrogen (secondary N) is 2. The number of benzene rings is 2. The molecule has 0 unspecified atom stereocenters. The maximum atomic E-state index is 13.6. The number of thioether (sulfide) groups is 1. The van der Waals surface area contributed by atoms with E-state index in [0.29, 0.717) is 10.7 Å². The molecule has 1 fully saturated rings. The Kier molecular flexibility index (Phi) is 5.51. The summed E-state index contributed by atoms with van der Waals surface area (Å²) >= 11 is 8.41. The lowest BCUT2D eigenvalue weighted by molar-refractivity contribution is -0.115. The lowest BCUT2D eigenvalue weighted by Gasteiger charge is -2.29. The minimum absolute atomic E-state index is 0.161. The number of carbonyl (C=O) groups excluding carboxylic acids is 1. The average molecular weight is 418 g/mol. The molecule has 4 nitrogen and oxygen atoms in total. The number of aromatic amines is 1. The van der Waals surface area contributed by atoms with Gasteiger partial charge in [-0.3, -0.25) is 4.79 Å². The molecule has 1 aromatic heterocycles. The van der Waals surface area contributed by atoms with E-state index in [1.807, 2.05) is 30.8 Å². The number of carbonyl (C=O) groups is 1. The van der Waals surface area contributed by atoms with Gasteiger partial charge in [-0.1, -0.05) is 11.6 Å². The van der Waals surface area contributed by atoms with E-state index in [-0.39, 0.29) is 18.1 Å². The molecule has 3 aromatic rings. The Morgan fingerprint density at radius 1 is 1.25 bits per heavy atom. The van der Waals surface area contributed by atoms with E-state index in [4.69, 9.17) is 11.6 Å². The lowest BCUT2D eigenvalue weighted by atomic mass is 10.1. The summed E-state index contributed by atoms with van der Waals surface area (Å²) in [5.41, 5.74) is 4.16. The zero-order valence-corrected chi connectivity index (χ0v) is 17.1. The first-order valence-corrected chi connectivity index (χ1v) is 10.7. The second kappa shape index (κ2) is 8.05. The van der Waals surface area contributed by atoms with E-state index in [0.717, 1.165) is 52.4 Å². The quantitative estimate of drug-likeness (QED) is 0.627. The predicted molar refractivity (Wildman–Crippen MR) is 116 cm³/mol. The van der Waals surface area contributed by atoms with Gasteiger partial charge in [0.2, 0.25) is 5.91 Å². The highest BCUT2D eigenvalue weighted by Crippen LogP contribution is 2.31. The number of hydrogen-bond acceptors (Lipinski definition) is 3. The summed E-state index contributed by atoms with van der Waals surface area (Å²) in [7, 11) is 0. The first kappa shape index (κ1) is 19.2. The Labute approximate surface area is 172 Å². The van der Waals surface area contributed by atoms with Gasteiger partial charge in [-0.15, -0.1) is 0 Å². The number of hydrogen-bond donors (Lipinski definition) is 2. The van der Waals surface area contributed by atoms with Gasteiger partial charge >= 0.3 is 0 Å². The number of amides is 1. The van der Waals surface area contributed by atoms with Crippen LogP contribution in [-0.2, 0) is 11.2 Å². The van der Waals surface area contributed by atoms with Crippen molar-refractivity contribution < 1.29 is 9.18 Å². The van der Waals surface area contributed by atoms with E-state index in [1.54, 1.807) is 12.1 Å². The van der Waals surface area contributed by atoms with Crippen LogP contribution in [0.1, 0.15) is 11.3 Å². The number of rotatable bonds is 4. The van der Waals surface area contributed by atoms with Crippen LogP contribution in [-0.4, -0.2) is 35.5 Å². The molecule has 2 aromatic carbocycles. The summed E-state index contributed by atoms with van der Waals surface area (Å²) < 4.78 is 13.6. The topological polar surface area (TPSA) is 48.1 Å². The zero-order valence-electron chi connectivity index (χ0n) is 15.5. The zero-order chi connectivity index (χ0) is 19.7. The van der Waals surface area contributed by atoms with E-state index in [9.17, 15) is 9.18 Å². The molecule has 146 valence electrons. The number of halogens is 2. The molecule has 1 aliphatic heterocycles. The van der Waals surface area contributed by atoms with Crippen molar-refractivity contribution in [2.75, 3.05) is 34.8 Å². The molecule has 0 bridgehead atoms. The second-order valence-corrected chi connectivity index (χ2v) is 8.54. The van der Waals surface area contributed by atoms with Gasteiger partial charge in [-0.2, -0.15) is 11.8 Å². The molecule has 0 atom stereocenters. The van der Waals surface area contributed by atoms with E-state index in [2.05, 4.69) is 15.2 Å². The van der Waals surface area contributed by atoms with E-state index >= 15 is 0 Å². The van der Waals surface area contributed by atoms with Crippen LogP contribution < -0.4 is 10.2 Å². The Morgan fingerprint density at radius 3 is 2.79 bits per heavy atom. The Bertz CT molecular complexity index is 1030. The number of fused-ring (bicyclic) bond motifs is 1. The van der Waals surface area contributed by atoms with Crippen LogP contribution in [0.5, 0.6) is 0 Å². The lowest BCUT2D eigenvalue weighted by Crippen LogP contribution is -2.32. The number of H-pyrrole nitrogens is 1. The third-order valence-electron chi connectivity index (χ3n) is 5.00. The summed E-state index contributed by atoms with van der Waals surface area (Å²) in [5, 5.41) is 4.28. The highest BCUT2D eigenvalue weighted by molar-refractivity contribution is 7.99. The molecule has 0 spiro atoms. The third kappa shape index (κ3) is 3.98. The van der Waals surface area contributed by atoms with Crippen molar-refractivity contribution in [3.05, 3.63) is 58.5 Å². The SMILES string of the molecule is Cc1[nH]c2ccc(F)cc2c1CC(=O)Nc1ccc(N2CCSCC2)c(Cl)c1. The second-order valence-electron chi connectivity index (χ2n) is 6.91. The summed E-state index contributed by atoms with van der Waals surface area (Å²) in [6, 6.07) is 10.2. The monoisotopic (exact) mass is 417 g/mol. The standard InChI is InChI=1S/C21H21ClFN3OS/c1-13-16(17-10-14(23)2-4-19(17)24-13)12-21(27)25-15-3-5-20(18(22)11-15)26-6-8-28-9-7-26/h2-5,10-11,24H,6-9,12H2,1H3,(H,25,27). The smallest absolute Gasteiger partial charge is 0.228 e. The Hall–Kier alpha value is -2.18. The van der Waals surface area contributed by atoms with Gasteiger partial charge in [-0.25, -0.2) is 4.39 Å². The van der Waals surface area contributed by atoms with E-state index < -0.39 is 0 Å². The van der Waals surface area contributed by atoms with Crippen molar-refractivity contribution in [2.24, 2.45) is 0 Å². The Morgan fingerprint density at radius 2 is 2.04 bits per heavy atom. The molecule has 7 heteroatoms. The highest BCUT2D eigenvalue weighted by atomic mass is 35.5. The van der Waals surface area contributed by atoms with Gasteiger partial charge in [0.15, 0.2) is 0 Å². The first-order chi connectivity index (χ1) is 13.5. The molecule has 4 rings (SSSR count). The molecule has 1 saturated heterocycles. The minimum Gasteiger partial charge on any atom is -0.369 e. The first-order valence-electron chi connectivity index (χ1n) is 9.20. The van der Waals surface area contributed by atoms with Gasteiger partial charge in [0.1, 0.15) is 5.82 Å². The molecule has 0 radical (unpaired) electrons. The van der Waals surface area contributed by atoms with Gasteiger partial charge in [-0.05, 0) is 48.9 Å². The third-order valence-corrected chi connectivity index (χ3v) is 6.25. The van der Waals surface area contributed by atoms with Crippen molar-refractivity contribution in [1.82, 2.24) is 4.98 Å². The van der Waals surface area contributed by atoms with Gasteiger partial charge < -0.3 is 15.2 Å². The van der Waals surface area contributed by atoms with E-state index in [1.165, 1.54) is 12.1 Å². The van der Waals surface area contributed by atoms with Crippen LogP contribution in [0.15, 0.2) is 36.4 Å². The fraction of sp³-hybridized carbons (Fsp3) is 0.286. The van der Waals surface area contributed by atoms with Gasteiger partial charge in [0, 0.05) is 46.9 Å². The van der Waals surface area contributed by atoms with Gasteiger partial charge in [0.05, 0.1) is 17.1 Å². The van der Waals surface area contributed by atoms with Crippen molar-refractivity contribution >= 4 is 51.5 Å². The van der Waals surface area contributed by atoms with Crippen molar-refractivity contribution in [2.45, 2.75) is 13.3 Å². The molecule has 28 heavy (non-hydrogen) atoms. The molecular formula is C21H21ClFN3OS. The molecular weight excluding hydrogens is 397 g/mol. The summed E-state index contributed by atoms with van der Waals surface area (Å²) in [5.74, 6) is 1.72. The molecule has 1 aliphatic rings. The number of nitrogens with zero attached hydrogens (tertiary/aromatic N) is 1. The van der Waals surface area contributed by atoms with Crippen molar-refractivity contribution in [1.29, 1.82) is 0 Å². The fourth-order valence-electron chi connectivity index (χ4n) is 3.59. The summed E-state index contributed by atoms with van der Waals surface area (Å²) in [6.07, 6.45) is 0.165. The highest BCUT2D eigenvalue weighted by Gasteiger charge is 2.16. The van der Waals surface area contributed by atoms with Crippen LogP contribution in [0, 0.1) is 12.7 Å². The number of aromatic nitrogens is 1. The summed E-state index contributed by atoms with van der Waals surface area (Å²) in [6.45, 7) is 3.85. The molecule has 2 N–H and O–H groups in total. The van der Waals surface area contributed by atoms with Crippen molar-refractivity contribution in [3.63, 3.8) is 0 Å². The minimum atomic E-state index is -0.313. The van der Waals surface area contributed by atoms with Gasteiger partial charge in [0.25, 0.3) is 0 Å². The molecule has 0 saturated carbocycles. The predicted octanol–water partition coefficient (Wildman–Crippen LogP) is 5.00. The maximum absolute atomic E-state index is 13.6. The van der Waals surface area contributed by atoms with Crippen LogP contribution in [0.2, 0.25) is 5.02 Å². The Balaban J connectivity index is 1.49. The van der Waals surface area contributed by atoms with Crippen LogP contribution in [0.3, 0.4) is 0 Å². The number of aryl methyl sites for hydroxylation is 1. The normalized spacial score (nSPS) is 14.5. The van der Waals surface area contributed by atoms with Crippen LogP contribution in [0.4, 0.5) is 15.8 Å². The summed E-state index contributed by atoms with van der Waals surface area (Å²) in [4.78, 5) is 18.1. The van der Waals surface area contributed by atoms with Crippen LogP contribution in [0.25, 0.3) is 10.9 Å². The fourth-order valence-corrected chi connectivity index (χ4v) is 4.80. The van der Waals surface area contributed by atoms with Crippen LogP contribution >= 0.6 is 23.4 Å².